The van der Waals surface area contributed by atoms with Gasteiger partial charge in [0, 0.05) is 32.2 Å². The molecule has 0 spiro atoms. The van der Waals surface area contributed by atoms with Crippen molar-refractivity contribution in [2.45, 2.75) is 67.9 Å². The number of anilines is 1. The van der Waals surface area contributed by atoms with Gasteiger partial charge in [0.15, 0.2) is 0 Å². The lowest BCUT2D eigenvalue weighted by atomic mass is 9.53. The molecule has 0 aliphatic carbocycles. The molecule has 8 nitrogen and oxygen atoms in total. The quantitative estimate of drug-likeness (QED) is 0.259. The summed E-state index contributed by atoms with van der Waals surface area (Å²) >= 11 is 0. The Morgan fingerprint density at radius 1 is 1.07 bits per heavy atom. The third kappa shape index (κ3) is 7.31. The van der Waals surface area contributed by atoms with Crippen molar-refractivity contribution < 1.29 is 23.5 Å². The number of nitrogens with zero attached hydrogens (tertiary/aromatic N) is 2. The van der Waals surface area contributed by atoms with Crippen molar-refractivity contribution in [1.82, 2.24) is 15.1 Å². The Labute approximate surface area is 267 Å². The molecule has 2 aromatic rings. The van der Waals surface area contributed by atoms with Crippen molar-refractivity contribution in [3.05, 3.63) is 64.5 Å². The number of likely N-dealkylation sites (N-methyl/N-ethyl adjacent to an activating group) is 1. The standard InChI is InChI=1S/C29H33B6FN4O4/c1-17-8-5-11-22(24(17)29(34,35)40(16-42)23(12-7-13-41)26(43)37-4)38-27(30,31)20-9-6-10-21(25(20)36)28(32,33)39-14-18(2)44-19(3)15-39/h5-6,8-11,13,16,18-19,23,38H,7,12,14-15H2,1-4H3,(H,37,43). The molecule has 1 saturated heterocycles. The van der Waals surface area contributed by atoms with Crippen LogP contribution in [0, 0.1) is 12.7 Å². The number of nitrogens with one attached hydrogen (secondary N) is 2. The van der Waals surface area contributed by atoms with E-state index in [0.29, 0.717) is 31.3 Å². The number of aldehydes is 1. The fourth-order valence-corrected chi connectivity index (χ4v) is 5.74. The van der Waals surface area contributed by atoms with Crippen molar-refractivity contribution in [1.29, 1.82) is 0 Å². The number of morpholine rings is 1. The van der Waals surface area contributed by atoms with Crippen LogP contribution in [-0.4, -0.2) is 114 Å². The lowest BCUT2D eigenvalue weighted by molar-refractivity contribution is -0.134. The third-order valence-corrected chi connectivity index (χ3v) is 7.82. The normalized spacial score (nSPS) is 18.7. The number of aryl methyl sites for hydroxylation is 1. The monoisotopic (exact) mass is 586 g/mol. The van der Waals surface area contributed by atoms with Gasteiger partial charge in [-0.05, 0) is 71.5 Å². The molecular weight excluding hydrogens is 552 g/mol. The largest absolute Gasteiger partial charge is 0.392 e. The number of halogens is 1. The average Bonchev–Trinajstić information content (AvgIpc) is 2.93. The van der Waals surface area contributed by atoms with Gasteiger partial charge < -0.3 is 30.0 Å². The number of benzene rings is 2. The molecule has 1 fully saturated rings. The Bertz CT molecular complexity index is 1360. The van der Waals surface area contributed by atoms with E-state index in [1.165, 1.54) is 25.2 Å². The number of rotatable bonds is 13. The van der Waals surface area contributed by atoms with E-state index in [9.17, 15) is 14.4 Å². The number of hydrogen-bond acceptors (Lipinski definition) is 6. The van der Waals surface area contributed by atoms with Crippen LogP contribution in [0.25, 0.3) is 0 Å². The summed E-state index contributed by atoms with van der Waals surface area (Å²) in [6.07, 6.45) is 0.516. The maximum Gasteiger partial charge on any atom is 0.242 e. The second kappa shape index (κ2) is 14.0. The number of carbonyl (C=O) groups is 3. The van der Waals surface area contributed by atoms with E-state index in [-0.39, 0.29) is 47.4 Å². The number of ether oxygens (including phenoxy) is 1. The average molecular weight is 585 g/mol. The lowest BCUT2D eigenvalue weighted by Crippen LogP contribution is -2.57. The zero-order valence-corrected chi connectivity index (χ0v) is 25.5. The van der Waals surface area contributed by atoms with Crippen molar-refractivity contribution in [3.8, 4) is 0 Å². The summed E-state index contributed by atoms with van der Waals surface area (Å²) in [5.41, 5.74) is 0.600. The first-order valence-corrected chi connectivity index (χ1v) is 14.2. The molecule has 2 amide bonds. The predicted octanol–water partition coefficient (Wildman–Crippen LogP) is 0.249. The van der Waals surface area contributed by atoms with Crippen molar-refractivity contribution >= 4 is 71.4 Å². The van der Waals surface area contributed by atoms with E-state index in [2.05, 4.69) is 10.6 Å². The summed E-state index contributed by atoms with van der Waals surface area (Å²) in [4.78, 5) is 38.8. The van der Waals surface area contributed by atoms with E-state index in [1.54, 1.807) is 30.0 Å². The van der Waals surface area contributed by atoms with Gasteiger partial charge in [-0.2, -0.15) is 0 Å². The molecule has 2 aromatic carbocycles. The molecule has 1 aliphatic rings. The van der Waals surface area contributed by atoms with Crippen LogP contribution in [0.5, 0.6) is 0 Å². The fraction of sp³-hybridized carbons (Fsp3) is 0.483. The maximum atomic E-state index is 16.3. The van der Waals surface area contributed by atoms with Gasteiger partial charge in [0.1, 0.15) is 18.1 Å². The minimum Gasteiger partial charge on any atom is -0.392 e. The van der Waals surface area contributed by atoms with Crippen LogP contribution < -0.4 is 10.6 Å². The van der Waals surface area contributed by atoms with Gasteiger partial charge >= 0.3 is 0 Å². The van der Waals surface area contributed by atoms with Crippen molar-refractivity contribution in [2.75, 3.05) is 25.5 Å². The number of hydrogen-bond donors (Lipinski definition) is 2. The number of amides is 2. The Hall–Kier alpha value is -2.91. The first kappa shape index (κ1) is 35.6. The van der Waals surface area contributed by atoms with Crippen LogP contribution in [-0.2, 0) is 35.1 Å². The van der Waals surface area contributed by atoms with Gasteiger partial charge in [0.25, 0.3) is 0 Å². The zero-order valence-electron chi connectivity index (χ0n) is 25.5. The van der Waals surface area contributed by atoms with Gasteiger partial charge in [0.2, 0.25) is 12.3 Å². The van der Waals surface area contributed by atoms with E-state index in [0.717, 1.165) is 4.90 Å². The van der Waals surface area contributed by atoms with Crippen molar-refractivity contribution in [2.24, 2.45) is 0 Å². The molecule has 2 N–H and O–H groups in total. The number of carbonyl (C=O) groups excluding carboxylic acids is 3. The van der Waals surface area contributed by atoms with Crippen LogP contribution >= 0.6 is 0 Å². The minimum atomic E-state index is -2.11. The second-order valence-corrected chi connectivity index (χ2v) is 11.4. The van der Waals surface area contributed by atoms with Crippen LogP contribution in [0.3, 0.4) is 0 Å². The summed E-state index contributed by atoms with van der Waals surface area (Å²) < 4.78 is 22.0. The molecule has 1 aliphatic heterocycles. The summed E-state index contributed by atoms with van der Waals surface area (Å²) in [6, 6.07) is 8.07. The molecule has 12 radical (unpaired) electrons. The molecule has 3 unspecified atom stereocenters. The van der Waals surface area contributed by atoms with Gasteiger partial charge in [-0.15, -0.1) is 0 Å². The molecule has 1 heterocycles. The first-order chi connectivity index (χ1) is 20.5. The molecule has 0 aromatic heterocycles. The van der Waals surface area contributed by atoms with Crippen molar-refractivity contribution in [3.63, 3.8) is 0 Å². The van der Waals surface area contributed by atoms with E-state index in [4.69, 9.17) is 51.8 Å². The second-order valence-electron chi connectivity index (χ2n) is 11.4. The molecular formula is C29H33B6FN4O4. The van der Waals surface area contributed by atoms with E-state index < -0.39 is 33.8 Å². The summed E-state index contributed by atoms with van der Waals surface area (Å²) in [5, 5.41) is -0.545. The predicted molar refractivity (Wildman–Crippen MR) is 173 cm³/mol. The molecule has 0 saturated carbocycles. The highest BCUT2D eigenvalue weighted by Gasteiger charge is 2.40. The SMILES string of the molecule is [B]C([B])(Nc1cccc(C)c1C([B])([B])N(C=O)C(CCC=O)C(=O)NC)c1cccc(C([B])([B])N2CC(C)OC(C)C2)c1F. The molecule has 44 heavy (non-hydrogen) atoms. The Morgan fingerprint density at radius 2 is 1.66 bits per heavy atom. The highest BCUT2D eigenvalue weighted by atomic mass is 19.1. The zero-order chi connectivity index (χ0) is 33.0. The van der Waals surface area contributed by atoms with E-state index in [1.807, 2.05) is 13.8 Å². The fourth-order valence-electron chi connectivity index (χ4n) is 5.74. The van der Waals surface area contributed by atoms with Gasteiger partial charge in [-0.3, -0.25) is 9.59 Å². The topological polar surface area (TPSA) is 91.0 Å². The smallest absolute Gasteiger partial charge is 0.242 e. The van der Waals surface area contributed by atoms with Crippen LogP contribution in [0.1, 0.15) is 48.9 Å². The maximum absolute atomic E-state index is 16.3. The van der Waals surface area contributed by atoms with Crippen LogP contribution in [0.4, 0.5) is 10.1 Å². The minimum absolute atomic E-state index is 0.0340. The molecule has 3 atom stereocenters. The van der Waals surface area contributed by atoms with Crippen LogP contribution in [0.2, 0.25) is 0 Å². The Balaban J connectivity index is 2.06. The van der Waals surface area contributed by atoms with Gasteiger partial charge in [0.05, 0.1) is 59.3 Å². The molecule has 218 valence electrons. The highest BCUT2D eigenvalue weighted by molar-refractivity contribution is 6.43. The molecule has 0 bridgehead atoms. The van der Waals surface area contributed by atoms with Crippen LogP contribution in [0.15, 0.2) is 36.4 Å². The third-order valence-electron chi connectivity index (χ3n) is 7.82. The summed E-state index contributed by atoms with van der Waals surface area (Å²) in [7, 11) is 40.7. The molecule has 15 heteroatoms. The van der Waals surface area contributed by atoms with Gasteiger partial charge in [-0.25, -0.2) is 4.39 Å². The Morgan fingerprint density at radius 3 is 2.23 bits per heavy atom. The summed E-state index contributed by atoms with van der Waals surface area (Å²) in [6.45, 7) is 6.16. The molecule has 3 rings (SSSR count). The first-order valence-electron chi connectivity index (χ1n) is 14.2. The van der Waals surface area contributed by atoms with E-state index >= 15 is 4.39 Å². The summed E-state index contributed by atoms with van der Waals surface area (Å²) in [5.74, 6) is -1.41. The Kier molecular flexibility index (Phi) is 11.3. The lowest BCUT2D eigenvalue weighted by Gasteiger charge is -2.47. The van der Waals surface area contributed by atoms with Gasteiger partial charge in [-0.1, -0.05) is 30.3 Å². The highest BCUT2D eigenvalue weighted by Crippen LogP contribution is 2.37.